The molecule has 0 radical (unpaired) electrons. The van der Waals surface area contributed by atoms with Crippen molar-refractivity contribution in [3.05, 3.63) is 35.4 Å². The minimum atomic E-state index is 0.353. The fraction of sp³-hybridized carbons (Fsp3) is 0.667. The molecule has 3 atom stereocenters. The summed E-state index contributed by atoms with van der Waals surface area (Å²) in [6, 6.07) is 9.32. The van der Waals surface area contributed by atoms with E-state index >= 15 is 0 Å². The molecule has 2 rings (SSSR count). The van der Waals surface area contributed by atoms with Crippen LogP contribution in [0.25, 0.3) is 0 Å². The fourth-order valence-electron chi connectivity index (χ4n) is 3.28. The second kappa shape index (κ2) is 7.80. The van der Waals surface area contributed by atoms with Gasteiger partial charge in [0, 0.05) is 12.6 Å². The molecule has 20 heavy (non-hydrogen) atoms. The highest BCUT2D eigenvalue weighted by atomic mass is 16.3. The molecule has 3 unspecified atom stereocenters. The van der Waals surface area contributed by atoms with Crippen molar-refractivity contribution in [2.45, 2.75) is 52.0 Å². The van der Waals surface area contributed by atoms with E-state index in [1.54, 1.807) is 0 Å². The van der Waals surface area contributed by atoms with Gasteiger partial charge in [0.2, 0.25) is 0 Å². The Kier molecular flexibility index (Phi) is 6.06. The average molecular weight is 275 g/mol. The fourth-order valence-corrected chi connectivity index (χ4v) is 3.28. The van der Waals surface area contributed by atoms with E-state index in [9.17, 15) is 5.11 Å². The Labute approximate surface area is 123 Å². The minimum Gasteiger partial charge on any atom is -0.396 e. The molecule has 0 spiro atoms. The van der Waals surface area contributed by atoms with E-state index in [0.29, 0.717) is 24.5 Å². The summed E-state index contributed by atoms with van der Waals surface area (Å²) < 4.78 is 0. The van der Waals surface area contributed by atoms with Crippen LogP contribution in [0.5, 0.6) is 0 Å². The molecular formula is C18H29NO. The van der Waals surface area contributed by atoms with Gasteiger partial charge in [-0.2, -0.15) is 0 Å². The third-order valence-electron chi connectivity index (χ3n) is 4.88. The topological polar surface area (TPSA) is 32.3 Å². The second-order valence-electron chi connectivity index (χ2n) is 6.21. The van der Waals surface area contributed by atoms with Gasteiger partial charge in [0.15, 0.2) is 0 Å². The van der Waals surface area contributed by atoms with Gasteiger partial charge < -0.3 is 10.4 Å². The zero-order valence-electron chi connectivity index (χ0n) is 12.9. The molecule has 0 amide bonds. The Hall–Kier alpha value is -0.860. The van der Waals surface area contributed by atoms with Gasteiger partial charge in [-0.3, -0.25) is 0 Å². The molecule has 0 saturated heterocycles. The highest BCUT2D eigenvalue weighted by Gasteiger charge is 2.24. The first-order chi connectivity index (χ1) is 9.74. The number of rotatable bonds is 6. The van der Waals surface area contributed by atoms with Gasteiger partial charge in [-0.15, -0.1) is 0 Å². The van der Waals surface area contributed by atoms with Gasteiger partial charge in [0.25, 0.3) is 0 Å². The minimum absolute atomic E-state index is 0.353. The Balaban J connectivity index is 1.85. The van der Waals surface area contributed by atoms with Gasteiger partial charge in [0.05, 0.1) is 0 Å². The van der Waals surface area contributed by atoms with Crippen LogP contribution in [0.1, 0.15) is 56.7 Å². The lowest BCUT2D eigenvalue weighted by atomic mass is 9.79. The van der Waals surface area contributed by atoms with Crippen LogP contribution >= 0.6 is 0 Å². The van der Waals surface area contributed by atoms with E-state index in [0.717, 1.165) is 13.0 Å². The maximum absolute atomic E-state index is 9.47. The van der Waals surface area contributed by atoms with Gasteiger partial charge in [-0.25, -0.2) is 0 Å². The third kappa shape index (κ3) is 4.07. The zero-order valence-corrected chi connectivity index (χ0v) is 12.9. The smallest absolute Gasteiger partial charge is 0.0462 e. The summed E-state index contributed by atoms with van der Waals surface area (Å²) in [7, 11) is 0. The number of hydrogen-bond acceptors (Lipinski definition) is 2. The summed E-state index contributed by atoms with van der Waals surface area (Å²) in [5, 5.41) is 13.1. The lowest BCUT2D eigenvalue weighted by molar-refractivity contribution is 0.131. The van der Waals surface area contributed by atoms with Crippen LogP contribution in [0, 0.1) is 11.8 Å². The predicted molar refractivity (Wildman–Crippen MR) is 84.8 cm³/mol. The molecule has 0 aromatic heterocycles. The molecule has 0 bridgehead atoms. The van der Waals surface area contributed by atoms with Crippen molar-refractivity contribution < 1.29 is 5.11 Å². The van der Waals surface area contributed by atoms with Gasteiger partial charge in [-0.1, -0.05) is 44.0 Å². The quantitative estimate of drug-likeness (QED) is 0.829. The molecule has 1 fully saturated rings. The summed E-state index contributed by atoms with van der Waals surface area (Å²) in [5.74, 6) is 1.15. The first-order valence-electron chi connectivity index (χ1n) is 8.17. The Morgan fingerprint density at radius 3 is 2.40 bits per heavy atom. The predicted octanol–water partition coefficient (Wildman–Crippen LogP) is 3.70. The van der Waals surface area contributed by atoms with E-state index in [-0.39, 0.29) is 0 Å². The third-order valence-corrected chi connectivity index (χ3v) is 4.88. The number of benzene rings is 1. The SMILES string of the molecule is CCc1ccc(C(C)NCC2CCCCC2CO)cc1. The molecule has 2 heteroatoms. The molecule has 1 aromatic carbocycles. The number of hydrogen-bond donors (Lipinski definition) is 2. The van der Waals surface area contributed by atoms with Crippen LogP contribution in [0.3, 0.4) is 0 Å². The van der Waals surface area contributed by atoms with E-state index in [2.05, 4.69) is 43.4 Å². The maximum Gasteiger partial charge on any atom is 0.0462 e. The van der Waals surface area contributed by atoms with Gasteiger partial charge >= 0.3 is 0 Å². The van der Waals surface area contributed by atoms with Crippen molar-refractivity contribution >= 4 is 0 Å². The van der Waals surface area contributed by atoms with Gasteiger partial charge in [-0.05, 0) is 55.7 Å². The number of aryl methyl sites for hydroxylation is 1. The summed E-state index contributed by atoms with van der Waals surface area (Å²) in [6.45, 7) is 5.81. The monoisotopic (exact) mass is 275 g/mol. The lowest BCUT2D eigenvalue weighted by Gasteiger charge is -2.31. The number of nitrogens with one attached hydrogen (secondary N) is 1. The molecule has 1 aromatic rings. The molecule has 0 heterocycles. The number of aliphatic hydroxyl groups is 1. The normalized spacial score (nSPS) is 24.6. The van der Waals surface area contributed by atoms with Crippen molar-refractivity contribution in [3.63, 3.8) is 0 Å². The van der Waals surface area contributed by atoms with Crippen molar-refractivity contribution in [2.24, 2.45) is 11.8 Å². The van der Waals surface area contributed by atoms with E-state index in [1.165, 1.54) is 36.8 Å². The van der Waals surface area contributed by atoms with E-state index in [4.69, 9.17) is 0 Å². The zero-order chi connectivity index (χ0) is 14.4. The first kappa shape index (κ1) is 15.5. The lowest BCUT2D eigenvalue weighted by Crippen LogP contribution is -2.33. The molecule has 2 N–H and O–H groups in total. The molecular weight excluding hydrogens is 246 g/mol. The second-order valence-corrected chi connectivity index (χ2v) is 6.21. The molecule has 112 valence electrons. The van der Waals surface area contributed by atoms with E-state index in [1.807, 2.05) is 0 Å². The van der Waals surface area contributed by atoms with Crippen molar-refractivity contribution in [3.8, 4) is 0 Å². The van der Waals surface area contributed by atoms with Crippen LogP contribution in [-0.2, 0) is 6.42 Å². The molecule has 1 aliphatic carbocycles. The van der Waals surface area contributed by atoms with Crippen LogP contribution in [0.4, 0.5) is 0 Å². The Morgan fingerprint density at radius 2 is 1.80 bits per heavy atom. The van der Waals surface area contributed by atoms with Crippen molar-refractivity contribution in [1.82, 2.24) is 5.32 Å². The molecule has 1 saturated carbocycles. The van der Waals surface area contributed by atoms with Gasteiger partial charge in [0.1, 0.15) is 0 Å². The highest BCUT2D eigenvalue weighted by Crippen LogP contribution is 2.29. The van der Waals surface area contributed by atoms with Crippen LogP contribution in [-0.4, -0.2) is 18.3 Å². The first-order valence-corrected chi connectivity index (χ1v) is 8.17. The largest absolute Gasteiger partial charge is 0.396 e. The number of aliphatic hydroxyl groups excluding tert-OH is 1. The van der Waals surface area contributed by atoms with Crippen molar-refractivity contribution in [1.29, 1.82) is 0 Å². The summed E-state index contributed by atoms with van der Waals surface area (Å²) >= 11 is 0. The molecule has 2 nitrogen and oxygen atoms in total. The molecule has 1 aliphatic rings. The molecule has 0 aliphatic heterocycles. The standard InChI is InChI=1S/C18H29NO/c1-3-15-8-10-16(11-9-15)14(2)19-12-17-6-4-5-7-18(17)13-20/h8-11,14,17-20H,3-7,12-13H2,1-2H3. The maximum atomic E-state index is 9.47. The Bertz CT molecular complexity index is 387. The van der Waals surface area contributed by atoms with Crippen LogP contribution < -0.4 is 5.32 Å². The summed E-state index contributed by atoms with van der Waals surface area (Å²) in [6.07, 6.45) is 6.17. The van der Waals surface area contributed by atoms with E-state index < -0.39 is 0 Å². The summed E-state index contributed by atoms with van der Waals surface area (Å²) in [5.41, 5.74) is 2.76. The van der Waals surface area contributed by atoms with Crippen LogP contribution in [0.2, 0.25) is 0 Å². The highest BCUT2D eigenvalue weighted by molar-refractivity contribution is 5.24. The van der Waals surface area contributed by atoms with Crippen LogP contribution in [0.15, 0.2) is 24.3 Å². The van der Waals surface area contributed by atoms with Crippen molar-refractivity contribution in [2.75, 3.05) is 13.2 Å². The average Bonchev–Trinajstić information content (AvgIpc) is 2.53. The Morgan fingerprint density at radius 1 is 1.15 bits per heavy atom. The summed E-state index contributed by atoms with van der Waals surface area (Å²) in [4.78, 5) is 0.